The molecule has 1 amide bonds. The Hall–Kier alpha value is -2.63. The molecule has 188 valence electrons. The normalized spacial score (nSPS) is 25.5. The maximum absolute atomic E-state index is 13.4. The lowest BCUT2D eigenvalue weighted by Gasteiger charge is -2.57. The van der Waals surface area contributed by atoms with Gasteiger partial charge in [-0.1, -0.05) is 11.6 Å². The van der Waals surface area contributed by atoms with Crippen LogP contribution in [-0.2, 0) is 19.4 Å². The highest BCUT2D eigenvalue weighted by atomic mass is 35.5. The molecule has 0 spiro atoms. The van der Waals surface area contributed by atoms with E-state index in [0.29, 0.717) is 18.6 Å². The van der Waals surface area contributed by atoms with Crippen LogP contribution in [0.1, 0.15) is 36.0 Å². The molecule has 3 aliphatic rings. The first-order valence-electron chi connectivity index (χ1n) is 10.6. The van der Waals surface area contributed by atoms with Gasteiger partial charge in [-0.2, -0.15) is 0 Å². The van der Waals surface area contributed by atoms with E-state index in [1.807, 2.05) is 0 Å². The maximum atomic E-state index is 13.4. The van der Waals surface area contributed by atoms with Gasteiger partial charge in [0.05, 0.1) is 34.3 Å². The summed E-state index contributed by atoms with van der Waals surface area (Å²) in [6.07, 6.45) is 0.577. The molecule has 2 bridgehead atoms. The molecular formula is C23H21ClF3NO6S. The van der Waals surface area contributed by atoms with Crippen molar-refractivity contribution in [1.29, 1.82) is 0 Å². The summed E-state index contributed by atoms with van der Waals surface area (Å²) in [5.41, 5.74) is -1.83. The zero-order chi connectivity index (χ0) is 25.7. The molecule has 3 fully saturated rings. The smallest absolute Gasteiger partial charge is 0.308 e. The number of esters is 1. The van der Waals surface area contributed by atoms with E-state index in [9.17, 15) is 36.3 Å². The van der Waals surface area contributed by atoms with E-state index in [1.165, 1.54) is 19.2 Å². The van der Waals surface area contributed by atoms with Gasteiger partial charge < -0.3 is 15.2 Å². The highest BCUT2D eigenvalue weighted by Crippen LogP contribution is 2.57. The number of methoxy groups -OCH3 is 1. The second-order valence-corrected chi connectivity index (χ2v) is 11.5. The summed E-state index contributed by atoms with van der Waals surface area (Å²) in [5.74, 6) is -6.96. The number of carbonyl (C=O) groups excluding carboxylic acids is 2. The number of carbonyl (C=O) groups is 2. The molecule has 12 heteroatoms. The third kappa shape index (κ3) is 4.52. The summed E-state index contributed by atoms with van der Waals surface area (Å²) < 4.78 is 71.5. The number of hydrogen-bond acceptors (Lipinski definition) is 6. The molecular weight excluding hydrogens is 511 g/mol. The van der Waals surface area contributed by atoms with Crippen LogP contribution in [0, 0.1) is 29.3 Å². The Balaban J connectivity index is 1.55. The van der Waals surface area contributed by atoms with Crippen LogP contribution in [0.15, 0.2) is 35.2 Å². The van der Waals surface area contributed by atoms with Crippen LogP contribution in [-0.4, -0.2) is 43.4 Å². The fourth-order valence-corrected chi connectivity index (χ4v) is 7.38. The Bertz CT molecular complexity index is 1280. The monoisotopic (exact) mass is 531 g/mol. The first-order chi connectivity index (χ1) is 16.4. The molecule has 3 saturated carbocycles. The third-order valence-electron chi connectivity index (χ3n) is 6.91. The fourth-order valence-electron chi connectivity index (χ4n) is 4.97. The molecule has 35 heavy (non-hydrogen) atoms. The highest BCUT2D eigenvalue weighted by Gasteiger charge is 2.60. The summed E-state index contributed by atoms with van der Waals surface area (Å²) in [6.45, 7) is 0. The van der Waals surface area contributed by atoms with Gasteiger partial charge in [0.25, 0.3) is 5.91 Å². The first kappa shape index (κ1) is 25.5. The zero-order valence-electron chi connectivity index (χ0n) is 18.4. The summed E-state index contributed by atoms with van der Waals surface area (Å²) in [5, 5.41) is 12.0. The van der Waals surface area contributed by atoms with Gasteiger partial charge in [0.2, 0.25) is 0 Å². The molecule has 5 rings (SSSR count). The van der Waals surface area contributed by atoms with Gasteiger partial charge >= 0.3 is 5.97 Å². The van der Waals surface area contributed by atoms with Gasteiger partial charge in [0.1, 0.15) is 0 Å². The maximum Gasteiger partial charge on any atom is 0.308 e. The molecule has 0 aromatic heterocycles. The molecule has 0 saturated heterocycles. The van der Waals surface area contributed by atoms with Crippen molar-refractivity contribution < 1.29 is 41.0 Å². The number of amides is 1. The predicted molar refractivity (Wildman–Crippen MR) is 119 cm³/mol. The quantitative estimate of drug-likeness (QED) is 0.432. The second-order valence-electron chi connectivity index (χ2n) is 8.87. The van der Waals surface area contributed by atoms with Gasteiger partial charge in [-0.05, 0) is 49.3 Å². The van der Waals surface area contributed by atoms with Crippen molar-refractivity contribution in [1.82, 2.24) is 0 Å². The largest absolute Gasteiger partial charge is 0.469 e. The summed E-state index contributed by atoms with van der Waals surface area (Å²) in [6, 6.07) is 4.69. The van der Waals surface area contributed by atoms with Gasteiger partial charge in [-0.25, -0.2) is 21.6 Å². The summed E-state index contributed by atoms with van der Waals surface area (Å²) in [7, 11) is -2.83. The highest BCUT2D eigenvalue weighted by molar-refractivity contribution is 7.92. The first-order valence-corrected chi connectivity index (χ1v) is 12.6. The number of halogens is 4. The van der Waals surface area contributed by atoms with Gasteiger partial charge in [0, 0.05) is 23.4 Å². The number of aliphatic hydroxyl groups is 1. The van der Waals surface area contributed by atoms with Crippen LogP contribution in [0.4, 0.5) is 18.9 Å². The minimum absolute atomic E-state index is 0.104. The minimum Gasteiger partial charge on any atom is -0.469 e. The lowest BCUT2D eigenvalue weighted by molar-refractivity contribution is -0.191. The number of nitrogens with one attached hydrogen (secondary N) is 1. The number of anilines is 1. The van der Waals surface area contributed by atoms with Crippen molar-refractivity contribution in [2.45, 2.75) is 41.4 Å². The molecule has 0 heterocycles. The van der Waals surface area contributed by atoms with Crippen molar-refractivity contribution in [3.05, 3.63) is 58.4 Å². The SMILES string of the molecule is COC(=O)CC1(O)C2CC1CC(S(=O)(=O)c1cc(C(=O)Nc3cc(F)c(F)c(F)c3)ccc1Cl)C2. The third-order valence-corrected chi connectivity index (χ3v) is 9.57. The molecule has 2 N–H and O–H groups in total. The Labute approximate surface area is 204 Å². The van der Waals surface area contributed by atoms with Crippen molar-refractivity contribution in [3.63, 3.8) is 0 Å². The summed E-state index contributed by atoms with van der Waals surface area (Å²) >= 11 is 6.15. The average Bonchev–Trinajstić information content (AvgIpc) is 2.82. The summed E-state index contributed by atoms with van der Waals surface area (Å²) in [4.78, 5) is 24.0. The lowest BCUT2D eigenvalue weighted by atomic mass is 9.52. The van der Waals surface area contributed by atoms with Crippen LogP contribution >= 0.6 is 11.6 Å². The van der Waals surface area contributed by atoms with E-state index >= 15 is 0 Å². The minimum atomic E-state index is -4.04. The Kier molecular flexibility index (Phi) is 6.62. The van der Waals surface area contributed by atoms with Gasteiger partial charge in [0.15, 0.2) is 27.3 Å². The fraction of sp³-hybridized carbons (Fsp3) is 0.391. The molecule has 3 aliphatic carbocycles. The molecule has 2 atom stereocenters. The number of sulfone groups is 1. The second kappa shape index (κ2) is 9.11. The van der Waals surface area contributed by atoms with Crippen molar-refractivity contribution >= 4 is 39.0 Å². The van der Waals surface area contributed by atoms with Gasteiger partial charge in [-0.3, -0.25) is 9.59 Å². The number of fused-ring (bicyclic) bond motifs is 2. The predicted octanol–water partition coefficient (Wildman–Crippen LogP) is 3.88. The van der Waals surface area contributed by atoms with Crippen LogP contribution in [0.2, 0.25) is 5.02 Å². The molecule has 2 unspecified atom stereocenters. The van der Waals surface area contributed by atoms with E-state index in [1.54, 1.807) is 0 Å². The van der Waals surface area contributed by atoms with Crippen molar-refractivity contribution in [3.8, 4) is 0 Å². The molecule has 7 nitrogen and oxygen atoms in total. The number of benzene rings is 2. The molecule has 2 aromatic rings. The van der Waals surface area contributed by atoms with Crippen LogP contribution < -0.4 is 5.32 Å². The molecule has 0 aliphatic heterocycles. The van der Waals surface area contributed by atoms with Crippen molar-refractivity contribution in [2.75, 3.05) is 12.4 Å². The standard InChI is InChI=1S/C23H21ClF3NO6S/c1-34-20(29)10-23(31)12-5-13(23)7-15(6-12)35(32,33)19-4-11(2-3-16(19)24)22(30)28-14-8-17(25)21(27)18(26)9-14/h2-4,8-9,12-13,15,31H,5-7,10H2,1H3,(H,28,30). The number of ether oxygens (including phenoxy) is 1. The van der Waals surface area contributed by atoms with Crippen LogP contribution in [0.3, 0.4) is 0 Å². The zero-order valence-corrected chi connectivity index (χ0v) is 19.9. The average molecular weight is 532 g/mol. The Morgan fingerprint density at radius 1 is 1.11 bits per heavy atom. The van der Waals surface area contributed by atoms with E-state index in [0.717, 1.165) is 6.07 Å². The Morgan fingerprint density at radius 3 is 2.29 bits per heavy atom. The van der Waals surface area contributed by atoms with Crippen molar-refractivity contribution in [2.24, 2.45) is 11.8 Å². The number of hydrogen-bond donors (Lipinski definition) is 2. The van der Waals surface area contributed by atoms with E-state index in [4.69, 9.17) is 11.6 Å². The number of rotatable bonds is 6. The Morgan fingerprint density at radius 2 is 1.71 bits per heavy atom. The van der Waals surface area contributed by atoms with E-state index in [2.05, 4.69) is 10.1 Å². The van der Waals surface area contributed by atoms with Crippen LogP contribution in [0.5, 0.6) is 0 Å². The molecule has 2 aromatic carbocycles. The van der Waals surface area contributed by atoms with E-state index in [-0.39, 0.29) is 40.4 Å². The topological polar surface area (TPSA) is 110 Å². The van der Waals surface area contributed by atoms with Gasteiger partial charge in [-0.15, -0.1) is 0 Å². The van der Waals surface area contributed by atoms with Crippen LogP contribution in [0.25, 0.3) is 0 Å². The van der Waals surface area contributed by atoms with E-state index < -0.39 is 61.9 Å². The lowest BCUT2D eigenvalue weighted by Crippen LogP contribution is -2.62. The molecule has 0 radical (unpaired) electrons.